The molecule has 0 saturated carbocycles. The van der Waals surface area contributed by atoms with E-state index < -0.39 is 0 Å². The van der Waals surface area contributed by atoms with E-state index in [9.17, 15) is 9.59 Å². The average molecular weight is 464 g/mol. The molecule has 3 aromatic rings. The van der Waals surface area contributed by atoms with Gasteiger partial charge in [0, 0.05) is 43.6 Å². The number of nitrogens with zero attached hydrogens (tertiary/aromatic N) is 2. The molecule has 0 unspecified atom stereocenters. The molecule has 1 N–H and O–H groups in total. The lowest BCUT2D eigenvalue weighted by Gasteiger charge is -2.33. The largest absolute Gasteiger partial charge is 0.377 e. The van der Waals surface area contributed by atoms with Gasteiger partial charge in [0.15, 0.2) is 0 Å². The molecule has 174 valence electrons. The second-order valence-electron chi connectivity index (χ2n) is 8.96. The Bertz CT molecular complexity index is 1110. The number of hydrogen-bond donors (Lipinski definition) is 1. The van der Waals surface area contributed by atoms with Gasteiger partial charge in [-0.3, -0.25) is 9.59 Å². The summed E-state index contributed by atoms with van der Waals surface area (Å²) in [6.45, 7) is 8.80. The molecule has 0 aliphatic rings. The fraction of sp³-hybridized carbons (Fsp3) is 0.333. The van der Waals surface area contributed by atoms with Gasteiger partial charge in [-0.2, -0.15) is 0 Å². The number of rotatable bonds is 8. The van der Waals surface area contributed by atoms with Crippen LogP contribution < -0.4 is 10.2 Å². The molecule has 2 amide bonds. The summed E-state index contributed by atoms with van der Waals surface area (Å²) < 4.78 is 0. The first-order valence-corrected chi connectivity index (χ1v) is 12.1. The molecule has 3 rings (SSSR count). The molecule has 0 fully saturated rings. The van der Waals surface area contributed by atoms with Crippen LogP contribution in [-0.2, 0) is 6.54 Å². The topological polar surface area (TPSA) is 52.7 Å². The minimum atomic E-state index is -0.128. The van der Waals surface area contributed by atoms with Crippen LogP contribution in [0.25, 0.3) is 0 Å². The van der Waals surface area contributed by atoms with Gasteiger partial charge in [-0.05, 0) is 67.1 Å². The zero-order valence-corrected chi connectivity index (χ0v) is 21.1. The van der Waals surface area contributed by atoms with Crippen molar-refractivity contribution >= 4 is 34.5 Å². The first kappa shape index (κ1) is 24.5. The van der Waals surface area contributed by atoms with E-state index in [1.54, 1.807) is 0 Å². The Morgan fingerprint density at radius 3 is 2.36 bits per heavy atom. The van der Waals surface area contributed by atoms with Gasteiger partial charge in [-0.25, -0.2) is 0 Å². The maximum atomic E-state index is 13.6. The molecule has 5 nitrogen and oxygen atoms in total. The van der Waals surface area contributed by atoms with Gasteiger partial charge in [0.1, 0.15) is 0 Å². The van der Waals surface area contributed by atoms with Crippen molar-refractivity contribution in [3.05, 3.63) is 81.5 Å². The van der Waals surface area contributed by atoms with Crippen molar-refractivity contribution in [3.63, 3.8) is 0 Å². The highest BCUT2D eigenvalue weighted by Gasteiger charge is 2.25. The predicted molar refractivity (Wildman–Crippen MR) is 138 cm³/mol. The number of amides is 2. The maximum absolute atomic E-state index is 13.6. The number of carbonyl (C=O) groups excluding carboxylic acids is 2. The summed E-state index contributed by atoms with van der Waals surface area (Å²) in [6, 6.07) is 17.3. The Morgan fingerprint density at radius 1 is 1.00 bits per heavy atom. The van der Waals surface area contributed by atoms with Crippen molar-refractivity contribution in [2.75, 3.05) is 24.3 Å². The zero-order chi connectivity index (χ0) is 24.1. The van der Waals surface area contributed by atoms with Gasteiger partial charge in [-0.15, -0.1) is 11.3 Å². The summed E-state index contributed by atoms with van der Waals surface area (Å²) in [5.41, 5.74) is 4.47. The van der Waals surface area contributed by atoms with Crippen LogP contribution in [0.2, 0.25) is 0 Å². The normalized spacial score (nSPS) is 11.8. The van der Waals surface area contributed by atoms with Crippen LogP contribution in [0.1, 0.15) is 51.9 Å². The highest BCUT2D eigenvalue weighted by atomic mass is 32.1. The number of thiophene rings is 1. The molecular formula is C27H33N3O2S. The number of aryl methyl sites for hydroxylation is 1. The predicted octanol–water partition coefficient (Wildman–Crippen LogP) is 6.06. The molecular weight excluding hydrogens is 430 g/mol. The van der Waals surface area contributed by atoms with Crippen LogP contribution in [0.5, 0.6) is 0 Å². The van der Waals surface area contributed by atoms with E-state index in [2.05, 4.69) is 26.1 Å². The first-order valence-electron chi connectivity index (χ1n) is 11.2. The van der Waals surface area contributed by atoms with Crippen LogP contribution in [-0.4, -0.2) is 36.9 Å². The van der Waals surface area contributed by atoms with Gasteiger partial charge < -0.3 is 15.1 Å². The second kappa shape index (κ2) is 10.7. The van der Waals surface area contributed by atoms with Crippen LogP contribution >= 0.6 is 11.3 Å². The molecule has 33 heavy (non-hydrogen) atoms. The molecule has 0 aliphatic carbocycles. The van der Waals surface area contributed by atoms with E-state index in [0.29, 0.717) is 28.6 Å². The van der Waals surface area contributed by atoms with Crippen LogP contribution in [0.4, 0.5) is 11.4 Å². The minimum absolute atomic E-state index is 0.0117. The summed E-state index contributed by atoms with van der Waals surface area (Å²) in [5.74, 6) is 0.178. The van der Waals surface area contributed by atoms with Crippen molar-refractivity contribution < 1.29 is 9.59 Å². The summed E-state index contributed by atoms with van der Waals surface area (Å²) in [7, 11) is 3.97. The lowest BCUT2D eigenvalue weighted by Crippen LogP contribution is -2.41. The zero-order valence-electron chi connectivity index (χ0n) is 20.3. The fourth-order valence-corrected chi connectivity index (χ4v) is 4.33. The third-order valence-corrected chi connectivity index (χ3v) is 6.76. The number of hydrogen-bond acceptors (Lipinski definition) is 4. The maximum Gasteiger partial charge on any atom is 0.265 e. The smallest absolute Gasteiger partial charge is 0.265 e. The Kier molecular flexibility index (Phi) is 7.92. The van der Waals surface area contributed by atoms with Gasteiger partial charge in [0.05, 0.1) is 4.88 Å². The van der Waals surface area contributed by atoms with E-state index in [-0.39, 0.29) is 17.9 Å². The van der Waals surface area contributed by atoms with Crippen LogP contribution in [0, 0.1) is 12.8 Å². The molecule has 2 aromatic carbocycles. The van der Waals surface area contributed by atoms with E-state index in [4.69, 9.17) is 0 Å². The van der Waals surface area contributed by atoms with Gasteiger partial charge >= 0.3 is 0 Å². The molecule has 0 bridgehead atoms. The fourth-order valence-electron chi connectivity index (χ4n) is 3.71. The lowest BCUT2D eigenvalue weighted by atomic mass is 10.0. The van der Waals surface area contributed by atoms with E-state index in [1.165, 1.54) is 11.3 Å². The second-order valence-corrected chi connectivity index (χ2v) is 9.90. The van der Waals surface area contributed by atoms with Gasteiger partial charge in [0.25, 0.3) is 11.8 Å². The Labute approximate surface area is 201 Å². The molecule has 0 aliphatic heterocycles. The SMILES string of the molecule is Cc1cccc(C(=O)N(Cc2cc(NC(=O)c3cccs3)ccc2N(C)C)[C@H](C)C(C)C)c1. The van der Waals surface area contributed by atoms with E-state index in [1.807, 2.05) is 90.8 Å². The minimum Gasteiger partial charge on any atom is -0.377 e. The highest BCUT2D eigenvalue weighted by molar-refractivity contribution is 7.12. The molecule has 0 saturated heterocycles. The van der Waals surface area contributed by atoms with Crippen molar-refractivity contribution in [1.82, 2.24) is 4.90 Å². The highest BCUT2D eigenvalue weighted by Crippen LogP contribution is 2.28. The van der Waals surface area contributed by atoms with Crippen molar-refractivity contribution in [2.24, 2.45) is 5.92 Å². The molecule has 0 spiro atoms. The van der Waals surface area contributed by atoms with Gasteiger partial charge in [0.2, 0.25) is 0 Å². The van der Waals surface area contributed by atoms with Crippen molar-refractivity contribution in [2.45, 2.75) is 40.3 Å². The Hall–Kier alpha value is -3.12. The Morgan fingerprint density at radius 2 is 1.76 bits per heavy atom. The van der Waals surface area contributed by atoms with Gasteiger partial charge in [-0.1, -0.05) is 37.6 Å². The lowest BCUT2D eigenvalue weighted by molar-refractivity contribution is 0.0628. The van der Waals surface area contributed by atoms with Crippen molar-refractivity contribution in [1.29, 1.82) is 0 Å². The quantitative estimate of drug-likeness (QED) is 0.442. The summed E-state index contributed by atoms with van der Waals surface area (Å²) in [5, 5.41) is 4.88. The standard InChI is InChI=1S/C27H33N3O2S/c1-18(2)20(4)30(27(32)21-10-7-9-19(3)15-21)17-22-16-23(12-13-24(22)29(5)6)28-26(31)25-11-8-14-33-25/h7-16,18,20H,17H2,1-6H3,(H,28,31)/t20-/m1/s1. The number of carbonyl (C=O) groups is 2. The van der Waals surface area contributed by atoms with Crippen molar-refractivity contribution in [3.8, 4) is 0 Å². The summed E-state index contributed by atoms with van der Waals surface area (Å²) in [4.78, 5) is 30.8. The molecule has 1 aromatic heterocycles. The van der Waals surface area contributed by atoms with E-state index >= 15 is 0 Å². The van der Waals surface area contributed by atoms with Crippen LogP contribution in [0.3, 0.4) is 0 Å². The molecule has 1 heterocycles. The summed E-state index contributed by atoms with van der Waals surface area (Å²) in [6.07, 6.45) is 0. The monoisotopic (exact) mass is 463 g/mol. The Balaban J connectivity index is 1.96. The third-order valence-electron chi connectivity index (χ3n) is 5.89. The summed E-state index contributed by atoms with van der Waals surface area (Å²) >= 11 is 1.41. The number of benzene rings is 2. The number of anilines is 2. The third kappa shape index (κ3) is 6.02. The van der Waals surface area contributed by atoms with E-state index in [0.717, 1.165) is 16.8 Å². The average Bonchev–Trinajstić information content (AvgIpc) is 3.31. The first-order chi connectivity index (χ1) is 15.7. The van der Waals surface area contributed by atoms with Crippen LogP contribution in [0.15, 0.2) is 60.0 Å². The molecule has 0 radical (unpaired) electrons. The molecule has 1 atom stereocenters. The number of nitrogens with one attached hydrogen (secondary N) is 1. The molecule has 6 heteroatoms.